The molecule has 0 aromatic heterocycles. The summed E-state index contributed by atoms with van der Waals surface area (Å²) >= 11 is 0. The van der Waals surface area contributed by atoms with Crippen LogP contribution in [0.25, 0.3) is 0 Å². The maximum Gasteiger partial charge on any atom is 0.333 e. The van der Waals surface area contributed by atoms with Crippen molar-refractivity contribution in [3.63, 3.8) is 0 Å². The zero-order valence-electron chi connectivity index (χ0n) is 9.69. The van der Waals surface area contributed by atoms with Crippen LogP contribution in [0.4, 0.5) is 0 Å². The molecule has 0 radical (unpaired) electrons. The number of hydrogen-bond donors (Lipinski definition) is 2. The quantitative estimate of drug-likeness (QED) is 0.512. The Morgan fingerprint density at radius 1 is 1.44 bits per heavy atom. The average Bonchev–Trinajstić information content (AvgIpc) is 2.58. The third-order valence-electron chi connectivity index (χ3n) is 2.80. The van der Waals surface area contributed by atoms with E-state index in [1.165, 1.54) is 12.2 Å². The molecule has 0 spiro atoms. The van der Waals surface area contributed by atoms with Gasteiger partial charge >= 0.3 is 5.97 Å². The third kappa shape index (κ3) is 4.33. The smallest absolute Gasteiger partial charge is 0.333 e. The molecule has 0 amide bonds. The predicted octanol–water partition coefficient (Wildman–Crippen LogP) is 1.51. The number of hydrogen-bond acceptors (Lipinski definition) is 4. The van der Waals surface area contributed by atoms with Crippen LogP contribution in [-0.2, 0) is 9.53 Å². The molecule has 2 N–H and O–H groups in total. The van der Waals surface area contributed by atoms with Crippen molar-refractivity contribution in [1.29, 1.82) is 0 Å². The summed E-state index contributed by atoms with van der Waals surface area (Å²) in [5, 5.41) is 19.1. The van der Waals surface area contributed by atoms with Gasteiger partial charge < -0.3 is 14.9 Å². The molecular weight excluding hydrogens is 208 g/mol. The Balaban J connectivity index is 2.07. The molecule has 4 nitrogen and oxygen atoms in total. The normalized spacial score (nSPS) is 25.8. The topological polar surface area (TPSA) is 66.8 Å². The Kier molecular flexibility index (Phi) is 4.96. The molecule has 0 saturated heterocycles. The van der Waals surface area contributed by atoms with Gasteiger partial charge in [0, 0.05) is 12.5 Å². The van der Waals surface area contributed by atoms with Gasteiger partial charge in [-0.3, -0.25) is 0 Å². The van der Waals surface area contributed by atoms with Crippen LogP contribution < -0.4 is 0 Å². The van der Waals surface area contributed by atoms with Gasteiger partial charge in [0.15, 0.2) is 0 Å². The van der Waals surface area contributed by atoms with E-state index in [1.807, 2.05) is 6.92 Å². The monoisotopic (exact) mass is 228 g/mol. The van der Waals surface area contributed by atoms with Crippen LogP contribution in [0, 0.1) is 0 Å². The fourth-order valence-corrected chi connectivity index (χ4v) is 1.71. The van der Waals surface area contributed by atoms with Crippen LogP contribution in [-0.4, -0.2) is 28.1 Å². The van der Waals surface area contributed by atoms with Crippen molar-refractivity contribution in [1.82, 2.24) is 0 Å². The minimum absolute atomic E-state index is 0.215. The Morgan fingerprint density at radius 3 is 2.75 bits per heavy atom. The summed E-state index contributed by atoms with van der Waals surface area (Å²) in [5.41, 5.74) is 0. The second-order valence-electron chi connectivity index (χ2n) is 4.26. The second-order valence-corrected chi connectivity index (χ2v) is 4.26. The molecule has 1 aliphatic heterocycles. The number of esters is 1. The first-order valence-electron chi connectivity index (χ1n) is 5.88. The minimum Gasteiger partial charge on any atom is -0.426 e. The minimum atomic E-state index is -1.39. The van der Waals surface area contributed by atoms with Crippen molar-refractivity contribution in [2.75, 3.05) is 0 Å². The summed E-state index contributed by atoms with van der Waals surface area (Å²) in [6, 6.07) is 0. The van der Waals surface area contributed by atoms with Crippen molar-refractivity contribution < 1.29 is 19.7 Å². The molecule has 1 aliphatic rings. The van der Waals surface area contributed by atoms with Crippen LogP contribution in [0.3, 0.4) is 0 Å². The second kappa shape index (κ2) is 6.01. The maximum atomic E-state index is 10.8. The van der Waals surface area contributed by atoms with Gasteiger partial charge in [0.2, 0.25) is 5.79 Å². The molecule has 92 valence electrons. The molecule has 0 aromatic rings. The van der Waals surface area contributed by atoms with E-state index in [-0.39, 0.29) is 6.10 Å². The van der Waals surface area contributed by atoms with Gasteiger partial charge in [0.25, 0.3) is 0 Å². The highest BCUT2D eigenvalue weighted by Gasteiger charge is 2.31. The number of cyclic esters (lactones) is 1. The number of carbonyl (C=O) groups excluding carboxylic acids is 1. The van der Waals surface area contributed by atoms with E-state index in [2.05, 4.69) is 0 Å². The van der Waals surface area contributed by atoms with Gasteiger partial charge in [-0.2, -0.15) is 0 Å². The van der Waals surface area contributed by atoms with Crippen molar-refractivity contribution >= 4 is 5.97 Å². The molecule has 0 aliphatic carbocycles. The van der Waals surface area contributed by atoms with Gasteiger partial charge in [-0.15, -0.1) is 0 Å². The lowest BCUT2D eigenvalue weighted by molar-refractivity contribution is -0.180. The Labute approximate surface area is 95.9 Å². The maximum absolute atomic E-state index is 10.8. The lowest BCUT2D eigenvalue weighted by atomic mass is 10.0. The SMILES string of the molecule is CCC(O)CCCCC[C@@]1(O)C=CC(=O)O1. The number of unbranched alkanes of at least 4 members (excludes halogenated alkanes) is 2. The van der Waals surface area contributed by atoms with Gasteiger partial charge in [-0.25, -0.2) is 4.79 Å². The van der Waals surface area contributed by atoms with Gasteiger partial charge in [-0.05, 0) is 25.3 Å². The Hall–Kier alpha value is -0.870. The molecule has 2 atom stereocenters. The Morgan fingerprint density at radius 2 is 2.19 bits per heavy atom. The van der Waals surface area contributed by atoms with E-state index < -0.39 is 11.8 Å². The summed E-state index contributed by atoms with van der Waals surface area (Å²) in [6.07, 6.45) is 7.08. The van der Waals surface area contributed by atoms with Gasteiger partial charge in [0.1, 0.15) is 0 Å². The van der Waals surface area contributed by atoms with E-state index >= 15 is 0 Å². The Bertz CT molecular complexity index is 262. The fraction of sp³-hybridized carbons (Fsp3) is 0.750. The molecule has 1 unspecified atom stereocenters. The van der Waals surface area contributed by atoms with E-state index in [1.54, 1.807) is 0 Å². The number of aliphatic hydroxyl groups is 2. The molecular formula is C12H20O4. The first-order valence-corrected chi connectivity index (χ1v) is 5.88. The highest BCUT2D eigenvalue weighted by atomic mass is 16.7. The third-order valence-corrected chi connectivity index (χ3v) is 2.80. The van der Waals surface area contributed by atoms with Crippen molar-refractivity contribution in [2.45, 2.75) is 57.3 Å². The van der Waals surface area contributed by atoms with Crippen LogP contribution in [0.15, 0.2) is 12.2 Å². The molecule has 1 rings (SSSR count). The zero-order valence-corrected chi connectivity index (χ0v) is 9.69. The van der Waals surface area contributed by atoms with E-state index in [0.717, 1.165) is 32.1 Å². The molecule has 0 fully saturated rings. The van der Waals surface area contributed by atoms with Crippen molar-refractivity contribution in [3.05, 3.63) is 12.2 Å². The lowest BCUT2D eigenvalue weighted by Crippen LogP contribution is -2.27. The van der Waals surface area contributed by atoms with Crippen molar-refractivity contribution in [2.24, 2.45) is 0 Å². The number of ether oxygens (including phenoxy) is 1. The highest BCUT2D eigenvalue weighted by Crippen LogP contribution is 2.23. The van der Waals surface area contributed by atoms with Crippen LogP contribution in [0.1, 0.15) is 45.4 Å². The fourth-order valence-electron chi connectivity index (χ4n) is 1.71. The summed E-state index contributed by atoms with van der Waals surface area (Å²) in [4.78, 5) is 10.8. The first kappa shape index (κ1) is 13.2. The van der Waals surface area contributed by atoms with Crippen molar-refractivity contribution in [3.8, 4) is 0 Å². The van der Waals surface area contributed by atoms with E-state index in [4.69, 9.17) is 4.74 Å². The predicted molar refractivity (Wildman–Crippen MR) is 59.6 cm³/mol. The van der Waals surface area contributed by atoms with Crippen LogP contribution >= 0.6 is 0 Å². The lowest BCUT2D eigenvalue weighted by Gasteiger charge is -2.19. The number of aliphatic hydroxyl groups excluding tert-OH is 1. The summed E-state index contributed by atoms with van der Waals surface area (Å²) in [6.45, 7) is 1.95. The van der Waals surface area contributed by atoms with Gasteiger partial charge in [-0.1, -0.05) is 19.8 Å². The van der Waals surface area contributed by atoms with Crippen LogP contribution in [0.2, 0.25) is 0 Å². The summed E-state index contributed by atoms with van der Waals surface area (Å²) < 4.78 is 4.75. The molecule has 4 heteroatoms. The number of rotatable bonds is 7. The van der Waals surface area contributed by atoms with E-state index in [0.29, 0.717) is 6.42 Å². The van der Waals surface area contributed by atoms with Gasteiger partial charge in [0.05, 0.1) is 6.10 Å². The zero-order chi connectivity index (χ0) is 12.0. The summed E-state index contributed by atoms with van der Waals surface area (Å²) in [5.74, 6) is -1.87. The molecule has 0 bridgehead atoms. The standard InChI is InChI=1S/C12H20O4/c1-2-10(13)6-4-3-5-8-12(15)9-7-11(14)16-12/h7,9-10,13,15H,2-6,8H2,1H3/t10?,12-/m0/s1. The first-order chi connectivity index (χ1) is 7.56. The summed E-state index contributed by atoms with van der Waals surface area (Å²) in [7, 11) is 0. The molecule has 0 saturated carbocycles. The van der Waals surface area contributed by atoms with E-state index in [9.17, 15) is 15.0 Å². The molecule has 16 heavy (non-hydrogen) atoms. The highest BCUT2D eigenvalue weighted by molar-refractivity contribution is 5.84. The molecule has 0 aromatic carbocycles. The number of carbonyl (C=O) groups is 1. The average molecular weight is 228 g/mol. The van der Waals surface area contributed by atoms with Crippen LogP contribution in [0.5, 0.6) is 0 Å². The largest absolute Gasteiger partial charge is 0.426 e. The molecule has 1 heterocycles.